The van der Waals surface area contributed by atoms with Crippen LogP contribution in [0.2, 0.25) is 0 Å². The number of rotatable bonds is 7. The van der Waals surface area contributed by atoms with Gasteiger partial charge in [-0.15, -0.1) is 0 Å². The molecule has 2 rings (SSSR count). The highest BCUT2D eigenvalue weighted by molar-refractivity contribution is 5.77. The number of carbonyl (C=O) groups is 1. The molecule has 0 aromatic heterocycles. The average Bonchev–Trinajstić information content (AvgIpc) is 3.20. The summed E-state index contributed by atoms with van der Waals surface area (Å²) in [5.41, 5.74) is 0.182. The van der Waals surface area contributed by atoms with Crippen molar-refractivity contribution in [2.45, 2.75) is 18.9 Å². The fourth-order valence-electron chi connectivity index (χ4n) is 1.72. The van der Waals surface area contributed by atoms with Crippen molar-refractivity contribution < 1.29 is 19.0 Å². The molecule has 1 atom stereocenters. The minimum Gasteiger partial charge on any atom is -0.386 e. The molecule has 1 saturated carbocycles. The predicted molar refractivity (Wildman–Crippen MR) is 67.9 cm³/mol. The summed E-state index contributed by atoms with van der Waals surface area (Å²) < 4.78 is 18.6. The number of nitrogens with one attached hydrogen (secondary N) is 1. The van der Waals surface area contributed by atoms with Gasteiger partial charge in [0.1, 0.15) is 12.4 Å². The summed E-state index contributed by atoms with van der Waals surface area (Å²) in [4.78, 5) is 11.4. The quantitative estimate of drug-likeness (QED) is 0.785. The number of aliphatic hydroxyl groups is 1. The SMILES string of the molecule is O=C(COCC1CC1)NCC(O)c1ccccc1F. The molecule has 1 aliphatic rings. The van der Waals surface area contributed by atoms with E-state index in [1.807, 2.05) is 0 Å². The Kier molecular flexibility index (Phi) is 4.87. The smallest absolute Gasteiger partial charge is 0.246 e. The van der Waals surface area contributed by atoms with E-state index in [1.165, 1.54) is 25.0 Å². The number of ether oxygens (including phenoxy) is 1. The molecule has 4 nitrogen and oxygen atoms in total. The number of halogens is 1. The fourth-order valence-corrected chi connectivity index (χ4v) is 1.72. The van der Waals surface area contributed by atoms with E-state index in [-0.39, 0.29) is 24.6 Å². The van der Waals surface area contributed by atoms with Gasteiger partial charge >= 0.3 is 0 Å². The lowest BCUT2D eigenvalue weighted by Crippen LogP contribution is -2.32. The molecule has 1 aromatic carbocycles. The average molecular weight is 267 g/mol. The van der Waals surface area contributed by atoms with Crippen molar-refractivity contribution >= 4 is 5.91 Å². The number of amides is 1. The first kappa shape index (κ1) is 14.0. The lowest BCUT2D eigenvalue weighted by atomic mass is 10.1. The highest BCUT2D eigenvalue weighted by Gasteiger charge is 2.21. The van der Waals surface area contributed by atoms with Gasteiger partial charge in [0.05, 0.1) is 12.7 Å². The maximum Gasteiger partial charge on any atom is 0.246 e. The fraction of sp³-hybridized carbons (Fsp3) is 0.500. The molecule has 1 fully saturated rings. The Morgan fingerprint density at radius 1 is 1.47 bits per heavy atom. The van der Waals surface area contributed by atoms with E-state index in [9.17, 15) is 14.3 Å². The van der Waals surface area contributed by atoms with Crippen LogP contribution in [0.15, 0.2) is 24.3 Å². The Labute approximate surface area is 111 Å². The van der Waals surface area contributed by atoms with Crippen LogP contribution in [0.4, 0.5) is 4.39 Å². The molecule has 0 aliphatic heterocycles. The first-order valence-electron chi connectivity index (χ1n) is 6.43. The highest BCUT2D eigenvalue weighted by Crippen LogP contribution is 2.28. The Morgan fingerprint density at radius 3 is 2.89 bits per heavy atom. The molecule has 2 N–H and O–H groups in total. The lowest BCUT2D eigenvalue weighted by Gasteiger charge is -2.13. The van der Waals surface area contributed by atoms with Gasteiger partial charge in [-0.25, -0.2) is 4.39 Å². The van der Waals surface area contributed by atoms with Gasteiger partial charge in [-0.3, -0.25) is 4.79 Å². The van der Waals surface area contributed by atoms with Crippen molar-refractivity contribution in [3.8, 4) is 0 Å². The van der Waals surface area contributed by atoms with Gasteiger partial charge < -0.3 is 15.2 Å². The van der Waals surface area contributed by atoms with E-state index in [2.05, 4.69) is 5.32 Å². The standard InChI is InChI=1S/C14H18FNO3/c15-12-4-2-1-3-11(12)13(17)7-16-14(18)9-19-8-10-5-6-10/h1-4,10,13,17H,5-9H2,(H,16,18). The summed E-state index contributed by atoms with van der Waals surface area (Å²) in [5, 5.41) is 12.3. The largest absolute Gasteiger partial charge is 0.386 e. The van der Waals surface area contributed by atoms with Crippen LogP contribution in [0.25, 0.3) is 0 Å². The summed E-state index contributed by atoms with van der Waals surface area (Å²) in [7, 11) is 0. The molecule has 1 amide bonds. The molecule has 1 aromatic rings. The van der Waals surface area contributed by atoms with Crippen molar-refractivity contribution in [2.24, 2.45) is 5.92 Å². The zero-order valence-corrected chi connectivity index (χ0v) is 10.6. The second kappa shape index (κ2) is 6.63. The highest BCUT2D eigenvalue weighted by atomic mass is 19.1. The van der Waals surface area contributed by atoms with Crippen LogP contribution in [0.5, 0.6) is 0 Å². The second-order valence-corrected chi connectivity index (χ2v) is 4.80. The third-order valence-electron chi connectivity index (χ3n) is 3.04. The van der Waals surface area contributed by atoms with Gasteiger partial charge in [0.25, 0.3) is 0 Å². The van der Waals surface area contributed by atoms with Crippen molar-refractivity contribution in [2.75, 3.05) is 19.8 Å². The number of hydrogen-bond acceptors (Lipinski definition) is 3. The van der Waals surface area contributed by atoms with Crippen LogP contribution in [-0.2, 0) is 9.53 Å². The topological polar surface area (TPSA) is 58.6 Å². The van der Waals surface area contributed by atoms with Gasteiger partial charge in [-0.05, 0) is 24.8 Å². The van der Waals surface area contributed by atoms with E-state index in [4.69, 9.17) is 4.74 Å². The Morgan fingerprint density at radius 2 is 2.21 bits per heavy atom. The molecule has 0 spiro atoms. The molecule has 0 saturated heterocycles. The van der Waals surface area contributed by atoms with E-state index in [1.54, 1.807) is 12.1 Å². The summed E-state index contributed by atoms with van der Waals surface area (Å²) in [6, 6.07) is 5.97. The number of benzene rings is 1. The summed E-state index contributed by atoms with van der Waals surface area (Å²) in [6.45, 7) is 0.580. The molecule has 1 unspecified atom stereocenters. The predicted octanol–water partition coefficient (Wildman–Crippen LogP) is 1.40. The van der Waals surface area contributed by atoms with Crippen molar-refractivity contribution in [1.82, 2.24) is 5.32 Å². The monoisotopic (exact) mass is 267 g/mol. The Hall–Kier alpha value is -1.46. The van der Waals surface area contributed by atoms with Gasteiger partial charge in [0, 0.05) is 12.1 Å². The third kappa shape index (κ3) is 4.61. The molecule has 19 heavy (non-hydrogen) atoms. The molecular formula is C14H18FNO3. The molecule has 104 valence electrons. The first-order valence-corrected chi connectivity index (χ1v) is 6.43. The Balaban J connectivity index is 1.68. The van der Waals surface area contributed by atoms with Crippen LogP contribution >= 0.6 is 0 Å². The van der Waals surface area contributed by atoms with E-state index >= 15 is 0 Å². The summed E-state index contributed by atoms with van der Waals surface area (Å²) in [6.07, 6.45) is 1.30. The van der Waals surface area contributed by atoms with Gasteiger partial charge in [0.15, 0.2) is 0 Å². The van der Waals surface area contributed by atoms with Crippen LogP contribution in [0.3, 0.4) is 0 Å². The van der Waals surface area contributed by atoms with Crippen LogP contribution in [-0.4, -0.2) is 30.8 Å². The van der Waals surface area contributed by atoms with Gasteiger partial charge in [-0.1, -0.05) is 18.2 Å². The third-order valence-corrected chi connectivity index (χ3v) is 3.04. The maximum absolute atomic E-state index is 13.4. The molecular weight excluding hydrogens is 249 g/mol. The molecule has 0 heterocycles. The zero-order valence-electron chi connectivity index (χ0n) is 10.6. The van der Waals surface area contributed by atoms with E-state index < -0.39 is 11.9 Å². The molecule has 1 aliphatic carbocycles. The normalized spacial score (nSPS) is 16.1. The number of carbonyl (C=O) groups excluding carboxylic acids is 1. The maximum atomic E-state index is 13.4. The van der Waals surface area contributed by atoms with Crippen molar-refractivity contribution in [1.29, 1.82) is 0 Å². The second-order valence-electron chi connectivity index (χ2n) is 4.80. The molecule has 0 radical (unpaired) electrons. The van der Waals surface area contributed by atoms with E-state index in [0.717, 1.165) is 0 Å². The number of aliphatic hydroxyl groups excluding tert-OH is 1. The lowest BCUT2D eigenvalue weighted by molar-refractivity contribution is -0.126. The van der Waals surface area contributed by atoms with Crippen molar-refractivity contribution in [3.05, 3.63) is 35.6 Å². The van der Waals surface area contributed by atoms with Crippen molar-refractivity contribution in [3.63, 3.8) is 0 Å². The minimum atomic E-state index is -1.05. The van der Waals surface area contributed by atoms with Crippen LogP contribution < -0.4 is 5.32 Å². The zero-order chi connectivity index (χ0) is 13.7. The number of hydrogen-bond donors (Lipinski definition) is 2. The van der Waals surface area contributed by atoms with Gasteiger partial charge in [0.2, 0.25) is 5.91 Å². The van der Waals surface area contributed by atoms with E-state index in [0.29, 0.717) is 12.5 Å². The summed E-state index contributed by atoms with van der Waals surface area (Å²) in [5.74, 6) is -0.165. The Bertz CT molecular complexity index is 434. The van der Waals surface area contributed by atoms with Crippen LogP contribution in [0, 0.1) is 11.7 Å². The van der Waals surface area contributed by atoms with Crippen LogP contribution in [0.1, 0.15) is 24.5 Å². The minimum absolute atomic E-state index is 0.0134. The molecule has 0 bridgehead atoms. The summed E-state index contributed by atoms with van der Waals surface area (Å²) >= 11 is 0. The van der Waals surface area contributed by atoms with Gasteiger partial charge in [-0.2, -0.15) is 0 Å². The first-order chi connectivity index (χ1) is 9.16. The molecule has 5 heteroatoms.